The number of ether oxygens (including phenoxy) is 3. The molecule has 2 heterocycles. The van der Waals surface area contributed by atoms with Gasteiger partial charge in [-0.1, -0.05) is 23.7 Å². The van der Waals surface area contributed by atoms with Crippen LogP contribution in [-0.4, -0.2) is 72.0 Å². The lowest BCUT2D eigenvalue weighted by Crippen LogP contribution is -2.45. The molecule has 0 spiro atoms. The number of hydrogen-bond donors (Lipinski definition) is 2. The summed E-state index contributed by atoms with van der Waals surface area (Å²) in [6.07, 6.45) is 0. The van der Waals surface area contributed by atoms with Gasteiger partial charge in [0.15, 0.2) is 11.5 Å². The van der Waals surface area contributed by atoms with Crippen LogP contribution < -0.4 is 14.2 Å². The second kappa shape index (κ2) is 11.0. The summed E-state index contributed by atoms with van der Waals surface area (Å²) in [5.41, 5.74) is 2.46. The molecule has 0 bridgehead atoms. The van der Waals surface area contributed by atoms with Gasteiger partial charge in [-0.05, 0) is 35.4 Å². The summed E-state index contributed by atoms with van der Waals surface area (Å²) in [5, 5.41) is 15.6. The Morgan fingerprint density at radius 3 is 2.16 bits per heavy atom. The molecule has 2 aliphatic rings. The highest BCUT2D eigenvalue weighted by molar-refractivity contribution is 6.30. The zero-order chi connectivity index (χ0) is 23.1. The Hall–Kier alpha value is -3.01. The molecule has 1 fully saturated rings. The molecule has 2 aromatic carbocycles. The summed E-state index contributed by atoms with van der Waals surface area (Å²) in [4.78, 5) is 23.1. The Morgan fingerprint density at radius 1 is 0.969 bits per heavy atom. The smallest absolute Gasteiger partial charge is 0.414 e. The van der Waals surface area contributed by atoms with E-state index >= 15 is 0 Å². The Balaban J connectivity index is 0.000000427. The Kier molecular flexibility index (Phi) is 8.15. The molecule has 10 heteroatoms. The van der Waals surface area contributed by atoms with Crippen LogP contribution in [0.4, 0.5) is 0 Å². The number of rotatable bonds is 5. The average molecular weight is 465 g/mol. The minimum Gasteiger partial charge on any atom is -0.493 e. The molecule has 32 heavy (non-hydrogen) atoms. The van der Waals surface area contributed by atoms with Crippen molar-refractivity contribution in [3.8, 4) is 17.2 Å². The van der Waals surface area contributed by atoms with Crippen molar-refractivity contribution >= 4 is 23.5 Å². The molecule has 2 aliphatic heterocycles. The number of piperazine rings is 1. The van der Waals surface area contributed by atoms with Crippen LogP contribution in [0.15, 0.2) is 36.4 Å². The zero-order valence-corrected chi connectivity index (χ0v) is 18.4. The first-order valence-corrected chi connectivity index (χ1v) is 10.4. The Labute approximate surface area is 190 Å². The lowest BCUT2D eigenvalue weighted by atomic mass is 10.1. The first kappa shape index (κ1) is 23.6. The van der Waals surface area contributed by atoms with Gasteiger partial charge in [0.1, 0.15) is 0 Å². The average Bonchev–Trinajstić information content (AvgIpc) is 3.24. The molecule has 1 saturated heterocycles. The second-order valence-electron chi connectivity index (χ2n) is 7.32. The van der Waals surface area contributed by atoms with E-state index in [1.54, 1.807) is 7.11 Å². The van der Waals surface area contributed by atoms with E-state index in [0.717, 1.165) is 55.8 Å². The lowest BCUT2D eigenvalue weighted by Gasteiger charge is -2.34. The highest BCUT2D eigenvalue weighted by Gasteiger charge is 2.22. The molecule has 0 amide bonds. The summed E-state index contributed by atoms with van der Waals surface area (Å²) in [7, 11) is 1.66. The number of hydrogen-bond acceptors (Lipinski definition) is 7. The third-order valence-corrected chi connectivity index (χ3v) is 5.30. The third kappa shape index (κ3) is 6.49. The first-order valence-electron chi connectivity index (χ1n) is 9.97. The van der Waals surface area contributed by atoms with Crippen molar-refractivity contribution < 1.29 is 34.0 Å². The van der Waals surface area contributed by atoms with Crippen molar-refractivity contribution in [3.63, 3.8) is 0 Å². The van der Waals surface area contributed by atoms with Gasteiger partial charge in [-0.3, -0.25) is 9.80 Å². The fraction of sp³-hybridized carbons (Fsp3) is 0.364. The van der Waals surface area contributed by atoms with Crippen LogP contribution in [0.3, 0.4) is 0 Å². The van der Waals surface area contributed by atoms with E-state index in [1.807, 2.05) is 24.3 Å². The van der Waals surface area contributed by atoms with E-state index in [4.69, 9.17) is 45.6 Å². The molecule has 0 atom stereocenters. The number of fused-ring (bicyclic) bond motifs is 1. The maximum absolute atomic E-state index is 9.10. The molecule has 9 nitrogen and oxygen atoms in total. The van der Waals surface area contributed by atoms with E-state index in [0.29, 0.717) is 5.75 Å². The predicted octanol–water partition coefficient (Wildman–Crippen LogP) is 2.55. The topological polar surface area (TPSA) is 109 Å². The molecule has 172 valence electrons. The summed E-state index contributed by atoms with van der Waals surface area (Å²) in [5.74, 6) is -1.42. The Morgan fingerprint density at radius 2 is 1.59 bits per heavy atom. The number of benzene rings is 2. The van der Waals surface area contributed by atoms with E-state index in [9.17, 15) is 0 Å². The van der Waals surface area contributed by atoms with Gasteiger partial charge in [0.2, 0.25) is 12.5 Å². The van der Waals surface area contributed by atoms with Crippen molar-refractivity contribution in [1.82, 2.24) is 9.80 Å². The van der Waals surface area contributed by atoms with Gasteiger partial charge in [0.25, 0.3) is 0 Å². The number of carboxylic acid groups (broad SMARTS) is 2. The van der Waals surface area contributed by atoms with Crippen molar-refractivity contribution in [2.45, 2.75) is 13.1 Å². The number of methoxy groups -OCH3 is 1. The molecule has 0 unspecified atom stereocenters. The number of carboxylic acids is 2. The highest BCUT2D eigenvalue weighted by atomic mass is 35.5. The zero-order valence-electron chi connectivity index (χ0n) is 17.6. The third-order valence-electron chi connectivity index (χ3n) is 5.07. The van der Waals surface area contributed by atoms with Crippen molar-refractivity contribution in [2.75, 3.05) is 40.1 Å². The van der Waals surface area contributed by atoms with Gasteiger partial charge in [0.05, 0.1) is 7.11 Å². The van der Waals surface area contributed by atoms with Crippen LogP contribution in [-0.2, 0) is 22.7 Å². The summed E-state index contributed by atoms with van der Waals surface area (Å²) < 4.78 is 16.4. The molecule has 0 radical (unpaired) electrons. The van der Waals surface area contributed by atoms with Gasteiger partial charge in [-0.25, -0.2) is 9.59 Å². The van der Waals surface area contributed by atoms with E-state index < -0.39 is 11.9 Å². The van der Waals surface area contributed by atoms with Crippen molar-refractivity contribution in [3.05, 3.63) is 52.5 Å². The molecule has 0 aromatic heterocycles. The molecule has 0 saturated carbocycles. The van der Waals surface area contributed by atoms with Crippen molar-refractivity contribution in [2.24, 2.45) is 0 Å². The van der Waals surface area contributed by atoms with Gasteiger partial charge < -0.3 is 24.4 Å². The predicted molar refractivity (Wildman–Crippen MR) is 116 cm³/mol. The standard InChI is InChI=1S/C20H23ClN2O3.C2H2O4/c1-24-18-10-16(11-19-20(18)26-14-25-19)13-23-7-5-22(6-8-23)12-15-3-2-4-17(21)9-15;3-1(4)2(5)6/h2-4,9-11H,5-8,12-14H2,1H3;(H,3,4)(H,5,6). The highest BCUT2D eigenvalue weighted by Crippen LogP contribution is 2.42. The van der Waals surface area contributed by atoms with Gasteiger partial charge in [-0.2, -0.15) is 0 Å². The minimum atomic E-state index is -1.82. The lowest BCUT2D eigenvalue weighted by molar-refractivity contribution is -0.159. The fourth-order valence-electron chi connectivity index (χ4n) is 3.53. The molecule has 0 aliphatic carbocycles. The number of carbonyl (C=O) groups is 2. The van der Waals surface area contributed by atoms with Crippen molar-refractivity contribution in [1.29, 1.82) is 0 Å². The number of nitrogens with zero attached hydrogens (tertiary/aromatic N) is 2. The molecular weight excluding hydrogens is 440 g/mol. The quantitative estimate of drug-likeness (QED) is 0.645. The van der Waals surface area contributed by atoms with Gasteiger partial charge >= 0.3 is 11.9 Å². The maximum Gasteiger partial charge on any atom is 0.414 e. The first-order chi connectivity index (χ1) is 15.4. The fourth-order valence-corrected chi connectivity index (χ4v) is 3.75. The SMILES string of the molecule is COc1cc(CN2CCN(Cc3cccc(Cl)c3)CC2)cc2c1OCO2.O=C(O)C(=O)O. The number of aliphatic carboxylic acids is 2. The van der Waals surface area contributed by atoms with Crippen LogP contribution in [0.2, 0.25) is 5.02 Å². The summed E-state index contributed by atoms with van der Waals surface area (Å²) >= 11 is 6.08. The van der Waals surface area contributed by atoms with Crippen LogP contribution >= 0.6 is 11.6 Å². The van der Waals surface area contributed by atoms with E-state index in [2.05, 4.69) is 21.9 Å². The second-order valence-corrected chi connectivity index (χ2v) is 7.76. The molecular formula is C22H25ClN2O7. The van der Waals surface area contributed by atoms with Crippen LogP contribution in [0.25, 0.3) is 0 Å². The molecule has 2 aromatic rings. The maximum atomic E-state index is 9.10. The Bertz CT molecular complexity index is 949. The van der Waals surface area contributed by atoms with Crippen LogP contribution in [0, 0.1) is 0 Å². The molecule has 4 rings (SSSR count). The van der Waals surface area contributed by atoms with Crippen LogP contribution in [0.1, 0.15) is 11.1 Å². The summed E-state index contributed by atoms with van der Waals surface area (Å²) in [6.45, 7) is 6.28. The summed E-state index contributed by atoms with van der Waals surface area (Å²) in [6, 6.07) is 12.2. The normalized spacial score (nSPS) is 15.6. The van der Waals surface area contributed by atoms with Gasteiger partial charge in [0, 0.05) is 44.3 Å². The molecule has 2 N–H and O–H groups in total. The van der Waals surface area contributed by atoms with E-state index in [1.165, 1.54) is 11.1 Å². The number of halogens is 1. The van der Waals surface area contributed by atoms with Crippen LogP contribution in [0.5, 0.6) is 17.2 Å². The minimum absolute atomic E-state index is 0.261. The largest absolute Gasteiger partial charge is 0.493 e. The monoisotopic (exact) mass is 464 g/mol. The van der Waals surface area contributed by atoms with E-state index in [-0.39, 0.29) is 6.79 Å². The van der Waals surface area contributed by atoms with Gasteiger partial charge in [-0.15, -0.1) is 0 Å².